The largest absolute Gasteiger partial charge is 0.345 e. The highest BCUT2D eigenvalue weighted by Gasteiger charge is 2.18. The van der Waals surface area contributed by atoms with Gasteiger partial charge in [-0.1, -0.05) is 60.1 Å². The predicted octanol–water partition coefficient (Wildman–Crippen LogP) is 5.75. The number of rotatable bonds is 5. The molecule has 2 amide bonds. The molecule has 166 valence electrons. The van der Waals surface area contributed by atoms with Gasteiger partial charge in [0.1, 0.15) is 0 Å². The Morgan fingerprint density at radius 1 is 0.970 bits per heavy atom. The summed E-state index contributed by atoms with van der Waals surface area (Å²) in [5, 5.41) is 4.24. The molecular formula is C27H24ClN3O2. The molecule has 0 aliphatic heterocycles. The molecule has 0 bridgehead atoms. The zero-order valence-electron chi connectivity index (χ0n) is 18.7. The average molecular weight is 458 g/mol. The molecule has 0 aliphatic carbocycles. The van der Waals surface area contributed by atoms with Crippen molar-refractivity contribution in [3.63, 3.8) is 0 Å². The number of aromatic nitrogens is 1. The van der Waals surface area contributed by atoms with Crippen molar-refractivity contribution in [3.8, 4) is 11.1 Å². The van der Waals surface area contributed by atoms with E-state index in [1.54, 1.807) is 32.3 Å². The lowest BCUT2D eigenvalue weighted by Gasteiger charge is -2.17. The third kappa shape index (κ3) is 4.73. The summed E-state index contributed by atoms with van der Waals surface area (Å²) in [5.74, 6) is -0.396. The highest BCUT2D eigenvalue weighted by atomic mass is 35.5. The van der Waals surface area contributed by atoms with Gasteiger partial charge in [-0.25, -0.2) is 0 Å². The van der Waals surface area contributed by atoms with Gasteiger partial charge in [-0.3, -0.25) is 14.6 Å². The standard InChI is InChI=1S/C27H24ClN3O2/c1-17-21(16-25(32)30-24-15-19(13-14-22(24)28)27(33)31(2)3)26(18-9-5-4-6-10-18)20-11-7-8-12-23(20)29-17/h4-15H,16H2,1-3H3,(H,30,32). The number of pyridine rings is 1. The maximum Gasteiger partial charge on any atom is 0.253 e. The Hall–Kier alpha value is -3.70. The van der Waals surface area contributed by atoms with E-state index in [0.29, 0.717) is 16.3 Å². The van der Waals surface area contributed by atoms with Crippen molar-refractivity contribution >= 4 is 40.0 Å². The quantitative estimate of drug-likeness (QED) is 0.415. The fourth-order valence-corrected chi connectivity index (χ4v) is 4.06. The minimum absolute atomic E-state index is 0.121. The van der Waals surface area contributed by atoms with Gasteiger partial charge in [0.25, 0.3) is 5.91 Å². The number of carbonyl (C=O) groups excluding carboxylic acids is 2. The molecular weight excluding hydrogens is 434 g/mol. The zero-order chi connectivity index (χ0) is 23.5. The molecule has 1 heterocycles. The van der Waals surface area contributed by atoms with Gasteiger partial charge in [-0.2, -0.15) is 0 Å². The van der Waals surface area contributed by atoms with E-state index in [2.05, 4.69) is 5.32 Å². The molecule has 1 aromatic heterocycles. The van der Waals surface area contributed by atoms with E-state index in [9.17, 15) is 9.59 Å². The lowest BCUT2D eigenvalue weighted by molar-refractivity contribution is -0.115. The van der Waals surface area contributed by atoms with Gasteiger partial charge < -0.3 is 10.2 Å². The highest BCUT2D eigenvalue weighted by Crippen LogP contribution is 2.33. The minimum atomic E-state index is -0.233. The van der Waals surface area contributed by atoms with E-state index in [0.717, 1.165) is 33.3 Å². The monoisotopic (exact) mass is 457 g/mol. The third-order valence-electron chi connectivity index (χ3n) is 5.49. The summed E-state index contributed by atoms with van der Waals surface area (Å²) in [7, 11) is 3.35. The van der Waals surface area contributed by atoms with Crippen LogP contribution >= 0.6 is 11.6 Å². The molecule has 0 fully saturated rings. The predicted molar refractivity (Wildman–Crippen MR) is 134 cm³/mol. The second-order valence-corrected chi connectivity index (χ2v) is 8.46. The normalized spacial score (nSPS) is 10.8. The van der Waals surface area contributed by atoms with Crippen molar-refractivity contribution in [2.75, 3.05) is 19.4 Å². The maximum atomic E-state index is 13.1. The molecule has 0 atom stereocenters. The Morgan fingerprint density at radius 2 is 1.67 bits per heavy atom. The Labute approximate surface area is 198 Å². The highest BCUT2D eigenvalue weighted by molar-refractivity contribution is 6.34. The molecule has 0 radical (unpaired) electrons. The molecule has 0 unspecified atom stereocenters. The Balaban J connectivity index is 1.72. The van der Waals surface area contributed by atoms with Crippen LogP contribution in [0.3, 0.4) is 0 Å². The van der Waals surface area contributed by atoms with E-state index in [1.165, 1.54) is 4.90 Å². The second kappa shape index (κ2) is 9.43. The molecule has 5 nitrogen and oxygen atoms in total. The Bertz CT molecular complexity index is 1350. The van der Waals surface area contributed by atoms with E-state index in [1.807, 2.05) is 61.5 Å². The summed E-state index contributed by atoms with van der Waals surface area (Å²) in [6.07, 6.45) is 0.121. The van der Waals surface area contributed by atoms with Crippen LogP contribution in [0.2, 0.25) is 5.02 Å². The first kappa shape index (κ1) is 22.5. The van der Waals surface area contributed by atoms with Crippen molar-refractivity contribution in [1.29, 1.82) is 0 Å². The van der Waals surface area contributed by atoms with Crippen molar-refractivity contribution in [3.05, 3.63) is 94.6 Å². The van der Waals surface area contributed by atoms with Gasteiger partial charge in [0.05, 0.1) is 22.6 Å². The van der Waals surface area contributed by atoms with Gasteiger partial charge in [0.2, 0.25) is 5.91 Å². The molecule has 4 rings (SSSR count). The Morgan fingerprint density at radius 3 is 2.39 bits per heavy atom. The second-order valence-electron chi connectivity index (χ2n) is 8.05. The first-order valence-electron chi connectivity index (χ1n) is 10.6. The lowest BCUT2D eigenvalue weighted by Crippen LogP contribution is -2.22. The molecule has 0 saturated carbocycles. The molecule has 6 heteroatoms. The molecule has 0 saturated heterocycles. The van der Waals surface area contributed by atoms with Gasteiger partial charge >= 0.3 is 0 Å². The number of amides is 2. The lowest BCUT2D eigenvalue weighted by atomic mass is 9.92. The molecule has 4 aromatic rings. The molecule has 0 spiro atoms. The molecule has 33 heavy (non-hydrogen) atoms. The van der Waals surface area contributed by atoms with Crippen LogP contribution in [-0.2, 0) is 11.2 Å². The number of fused-ring (bicyclic) bond motifs is 1. The summed E-state index contributed by atoms with van der Waals surface area (Å²) >= 11 is 6.31. The molecule has 3 aromatic carbocycles. The fraction of sp³-hybridized carbons (Fsp3) is 0.148. The van der Waals surface area contributed by atoms with Gasteiger partial charge in [0, 0.05) is 30.7 Å². The van der Waals surface area contributed by atoms with Gasteiger partial charge in [-0.05, 0) is 47.9 Å². The number of hydrogen-bond acceptors (Lipinski definition) is 3. The van der Waals surface area contributed by atoms with Crippen LogP contribution in [0, 0.1) is 6.92 Å². The van der Waals surface area contributed by atoms with Crippen molar-refractivity contribution in [2.45, 2.75) is 13.3 Å². The number of nitrogens with one attached hydrogen (secondary N) is 1. The smallest absolute Gasteiger partial charge is 0.253 e. The number of aryl methyl sites for hydroxylation is 1. The number of benzene rings is 3. The molecule has 1 N–H and O–H groups in total. The van der Waals surface area contributed by atoms with E-state index in [-0.39, 0.29) is 18.2 Å². The summed E-state index contributed by atoms with van der Waals surface area (Å²) in [6, 6.07) is 22.8. The van der Waals surface area contributed by atoms with Gasteiger partial charge in [-0.15, -0.1) is 0 Å². The van der Waals surface area contributed by atoms with Crippen LogP contribution in [0.4, 0.5) is 5.69 Å². The van der Waals surface area contributed by atoms with Gasteiger partial charge in [0.15, 0.2) is 0 Å². The minimum Gasteiger partial charge on any atom is -0.345 e. The van der Waals surface area contributed by atoms with E-state index >= 15 is 0 Å². The summed E-state index contributed by atoms with van der Waals surface area (Å²) in [5.41, 5.74) is 5.42. The number of hydrogen-bond donors (Lipinski definition) is 1. The van der Waals surface area contributed by atoms with E-state index in [4.69, 9.17) is 16.6 Å². The van der Waals surface area contributed by atoms with Crippen LogP contribution < -0.4 is 5.32 Å². The third-order valence-corrected chi connectivity index (χ3v) is 5.82. The van der Waals surface area contributed by atoms with Crippen LogP contribution in [-0.4, -0.2) is 35.8 Å². The van der Waals surface area contributed by atoms with E-state index < -0.39 is 0 Å². The Kier molecular flexibility index (Phi) is 6.43. The van der Waals surface area contributed by atoms with Crippen molar-refractivity contribution in [1.82, 2.24) is 9.88 Å². The topological polar surface area (TPSA) is 62.3 Å². The van der Waals surface area contributed by atoms with Crippen molar-refractivity contribution in [2.24, 2.45) is 0 Å². The first-order valence-corrected chi connectivity index (χ1v) is 11.0. The van der Waals surface area contributed by atoms with Crippen LogP contribution in [0.25, 0.3) is 22.0 Å². The average Bonchev–Trinajstić information content (AvgIpc) is 2.81. The maximum absolute atomic E-state index is 13.1. The van der Waals surface area contributed by atoms with Crippen LogP contribution in [0.1, 0.15) is 21.6 Å². The summed E-state index contributed by atoms with van der Waals surface area (Å²) < 4.78 is 0. The summed E-state index contributed by atoms with van der Waals surface area (Å²) in [4.78, 5) is 31.7. The fourth-order valence-electron chi connectivity index (χ4n) is 3.89. The van der Waals surface area contributed by atoms with Crippen LogP contribution in [0.15, 0.2) is 72.8 Å². The SMILES string of the molecule is Cc1nc2ccccc2c(-c2ccccc2)c1CC(=O)Nc1cc(C(=O)N(C)C)ccc1Cl. The zero-order valence-corrected chi connectivity index (χ0v) is 19.5. The first-order chi connectivity index (χ1) is 15.8. The van der Waals surface area contributed by atoms with Crippen LogP contribution in [0.5, 0.6) is 0 Å². The number of carbonyl (C=O) groups is 2. The number of para-hydroxylation sites is 1. The molecule has 0 aliphatic rings. The van der Waals surface area contributed by atoms with Crippen molar-refractivity contribution < 1.29 is 9.59 Å². The number of anilines is 1. The number of halogens is 1. The summed E-state index contributed by atoms with van der Waals surface area (Å²) in [6.45, 7) is 1.92. The number of nitrogens with zero attached hydrogens (tertiary/aromatic N) is 2.